The molecule has 1 aromatic carbocycles. The molecule has 0 unspecified atom stereocenters. The zero-order chi connectivity index (χ0) is 16.1. The number of amides is 1. The van der Waals surface area contributed by atoms with E-state index in [9.17, 15) is 4.79 Å². The Morgan fingerprint density at radius 1 is 1.09 bits per heavy atom. The van der Waals surface area contributed by atoms with Crippen LogP contribution in [0, 0.1) is 0 Å². The average molecular weight is 305 g/mol. The zero-order valence-electron chi connectivity index (χ0n) is 12.5. The van der Waals surface area contributed by atoms with E-state index in [0.717, 1.165) is 17.0 Å². The lowest BCUT2D eigenvalue weighted by Gasteiger charge is -2.05. The molecule has 0 aliphatic rings. The van der Waals surface area contributed by atoms with E-state index in [1.807, 2.05) is 42.0 Å². The lowest BCUT2D eigenvalue weighted by molar-refractivity contribution is 0.0954. The van der Waals surface area contributed by atoms with Crippen LogP contribution < -0.4 is 5.43 Å². The summed E-state index contributed by atoms with van der Waals surface area (Å²) < 4.78 is 1.92. The molecule has 0 spiro atoms. The van der Waals surface area contributed by atoms with Gasteiger partial charge in [0.1, 0.15) is 0 Å². The molecule has 0 bridgehead atoms. The van der Waals surface area contributed by atoms with Crippen LogP contribution in [0.15, 0.2) is 72.6 Å². The van der Waals surface area contributed by atoms with Gasteiger partial charge in [-0.2, -0.15) is 5.10 Å². The van der Waals surface area contributed by atoms with Gasteiger partial charge in [0.2, 0.25) is 0 Å². The first-order valence-electron chi connectivity index (χ1n) is 7.07. The van der Waals surface area contributed by atoms with E-state index in [4.69, 9.17) is 0 Å². The van der Waals surface area contributed by atoms with Gasteiger partial charge in [0.05, 0.1) is 17.6 Å². The summed E-state index contributed by atoms with van der Waals surface area (Å²) in [4.78, 5) is 19.9. The second-order valence-electron chi connectivity index (χ2n) is 4.90. The fourth-order valence-corrected chi connectivity index (χ4v) is 2.05. The van der Waals surface area contributed by atoms with Crippen molar-refractivity contribution >= 4 is 11.6 Å². The molecule has 2 aromatic heterocycles. The largest absolute Gasteiger partial charge is 0.306 e. The Bertz CT molecular complexity index is 808. The van der Waals surface area contributed by atoms with Crippen LogP contribution in [0.1, 0.15) is 22.8 Å². The average Bonchev–Trinajstić information content (AvgIpc) is 3.15. The molecule has 3 rings (SSSR count). The number of hydrogen-bond donors (Lipinski definition) is 1. The van der Waals surface area contributed by atoms with Crippen LogP contribution in [0.25, 0.3) is 5.69 Å². The van der Waals surface area contributed by atoms with Crippen molar-refractivity contribution < 1.29 is 4.79 Å². The molecule has 0 atom stereocenters. The SMILES string of the molecule is CC(=NNC(=O)c1cccnc1)c1ccc(-n2ccnc2)cc1. The summed E-state index contributed by atoms with van der Waals surface area (Å²) in [7, 11) is 0. The Balaban J connectivity index is 1.70. The predicted octanol–water partition coefficient (Wildman–Crippen LogP) is 2.42. The number of nitrogens with zero attached hydrogens (tertiary/aromatic N) is 4. The maximum absolute atomic E-state index is 11.9. The number of hydrogen-bond acceptors (Lipinski definition) is 4. The minimum atomic E-state index is -0.285. The smallest absolute Gasteiger partial charge is 0.272 e. The van der Waals surface area contributed by atoms with Crippen molar-refractivity contribution in [2.24, 2.45) is 5.10 Å². The predicted molar refractivity (Wildman–Crippen MR) is 87.5 cm³/mol. The number of hydrazone groups is 1. The van der Waals surface area contributed by atoms with Crippen molar-refractivity contribution in [2.75, 3.05) is 0 Å². The summed E-state index contributed by atoms with van der Waals surface area (Å²) in [5.74, 6) is -0.285. The zero-order valence-corrected chi connectivity index (χ0v) is 12.5. The molecule has 2 heterocycles. The van der Waals surface area contributed by atoms with Crippen LogP contribution in [-0.4, -0.2) is 26.2 Å². The molecule has 0 fully saturated rings. The van der Waals surface area contributed by atoms with Crippen LogP contribution in [0.3, 0.4) is 0 Å². The molecule has 1 amide bonds. The second kappa shape index (κ2) is 6.65. The summed E-state index contributed by atoms with van der Waals surface area (Å²) >= 11 is 0. The molecule has 0 radical (unpaired) electrons. The first kappa shape index (κ1) is 14.6. The summed E-state index contributed by atoms with van der Waals surface area (Å²) in [5, 5.41) is 4.13. The number of benzene rings is 1. The van der Waals surface area contributed by atoms with Crippen LogP contribution in [0.2, 0.25) is 0 Å². The van der Waals surface area contributed by atoms with E-state index < -0.39 is 0 Å². The Kier molecular flexibility index (Phi) is 4.24. The van der Waals surface area contributed by atoms with Crippen LogP contribution >= 0.6 is 0 Å². The Hall–Kier alpha value is -3.28. The standard InChI is InChI=1S/C17H15N5O/c1-13(20-21-17(23)15-3-2-8-18-11-15)14-4-6-16(7-5-14)22-10-9-19-12-22/h2-12H,1H3,(H,21,23). The van der Waals surface area contributed by atoms with Gasteiger partial charge in [-0.1, -0.05) is 12.1 Å². The van der Waals surface area contributed by atoms with Crippen molar-refractivity contribution in [2.45, 2.75) is 6.92 Å². The quantitative estimate of drug-likeness (QED) is 0.594. The Morgan fingerprint density at radius 2 is 1.91 bits per heavy atom. The normalized spacial score (nSPS) is 11.3. The molecular formula is C17H15N5O. The molecule has 23 heavy (non-hydrogen) atoms. The molecule has 0 saturated carbocycles. The van der Waals surface area contributed by atoms with Crippen molar-refractivity contribution in [3.05, 3.63) is 78.6 Å². The van der Waals surface area contributed by atoms with Crippen molar-refractivity contribution in [3.63, 3.8) is 0 Å². The molecule has 6 nitrogen and oxygen atoms in total. The molecule has 3 aromatic rings. The number of carbonyl (C=O) groups is 1. The Labute approximate surface area is 133 Å². The van der Waals surface area contributed by atoms with E-state index in [0.29, 0.717) is 5.56 Å². The topological polar surface area (TPSA) is 72.2 Å². The minimum Gasteiger partial charge on any atom is -0.306 e. The van der Waals surface area contributed by atoms with E-state index in [1.54, 1.807) is 30.9 Å². The molecule has 0 aliphatic heterocycles. The lowest BCUT2D eigenvalue weighted by atomic mass is 10.1. The molecule has 1 N–H and O–H groups in total. The van der Waals surface area contributed by atoms with Crippen molar-refractivity contribution in [1.82, 2.24) is 20.0 Å². The molecular weight excluding hydrogens is 290 g/mol. The van der Waals surface area contributed by atoms with Crippen LogP contribution in [-0.2, 0) is 0 Å². The van der Waals surface area contributed by atoms with Crippen molar-refractivity contribution in [1.29, 1.82) is 0 Å². The van der Waals surface area contributed by atoms with E-state index in [1.165, 1.54) is 6.20 Å². The number of nitrogens with one attached hydrogen (secondary N) is 1. The summed E-state index contributed by atoms with van der Waals surface area (Å²) in [5.41, 5.74) is 5.67. The van der Waals surface area contributed by atoms with Crippen LogP contribution in [0.5, 0.6) is 0 Å². The van der Waals surface area contributed by atoms with Gasteiger partial charge in [-0.25, -0.2) is 10.4 Å². The summed E-state index contributed by atoms with van der Waals surface area (Å²) in [6.45, 7) is 1.84. The minimum absolute atomic E-state index is 0.285. The summed E-state index contributed by atoms with van der Waals surface area (Å²) in [6.07, 6.45) is 8.47. The first-order chi connectivity index (χ1) is 11.2. The highest BCUT2D eigenvalue weighted by Gasteiger charge is 2.04. The van der Waals surface area contributed by atoms with E-state index in [-0.39, 0.29) is 5.91 Å². The summed E-state index contributed by atoms with van der Waals surface area (Å²) in [6, 6.07) is 11.2. The van der Waals surface area contributed by atoms with Gasteiger partial charge in [0.15, 0.2) is 0 Å². The maximum Gasteiger partial charge on any atom is 0.272 e. The number of imidazole rings is 1. The highest BCUT2D eigenvalue weighted by molar-refractivity contribution is 6.00. The van der Waals surface area contributed by atoms with Gasteiger partial charge in [0.25, 0.3) is 5.91 Å². The van der Waals surface area contributed by atoms with E-state index in [2.05, 4.69) is 20.5 Å². The number of carbonyl (C=O) groups excluding carboxylic acids is 1. The van der Waals surface area contributed by atoms with Gasteiger partial charge >= 0.3 is 0 Å². The van der Waals surface area contributed by atoms with Gasteiger partial charge in [0, 0.05) is 30.5 Å². The van der Waals surface area contributed by atoms with Gasteiger partial charge in [-0.15, -0.1) is 0 Å². The third-order valence-electron chi connectivity index (χ3n) is 3.34. The fraction of sp³-hybridized carbons (Fsp3) is 0.0588. The van der Waals surface area contributed by atoms with Crippen LogP contribution in [0.4, 0.5) is 0 Å². The lowest BCUT2D eigenvalue weighted by Crippen LogP contribution is -2.19. The fourth-order valence-electron chi connectivity index (χ4n) is 2.05. The highest BCUT2D eigenvalue weighted by atomic mass is 16.2. The highest BCUT2D eigenvalue weighted by Crippen LogP contribution is 2.10. The van der Waals surface area contributed by atoms with E-state index >= 15 is 0 Å². The number of aromatic nitrogens is 3. The maximum atomic E-state index is 11.9. The number of rotatable bonds is 4. The monoisotopic (exact) mass is 305 g/mol. The molecule has 114 valence electrons. The molecule has 0 aliphatic carbocycles. The first-order valence-corrected chi connectivity index (χ1v) is 7.07. The van der Waals surface area contributed by atoms with Gasteiger partial charge in [-0.3, -0.25) is 9.78 Å². The third kappa shape index (κ3) is 3.49. The Morgan fingerprint density at radius 3 is 2.57 bits per heavy atom. The van der Waals surface area contributed by atoms with Crippen molar-refractivity contribution in [3.8, 4) is 5.69 Å². The molecule has 0 saturated heterocycles. The third-order valence-corrected chi connectivity index (χ3v) is 3.34. The van der Waals surface area contributed by atoms with Gasteiger partial charge < -0.3 is 4.57 Å². The van der Waals surface area contributed by atoms with Gasteiger partial charge in [-0.05, 0) is 36.8 Å². The number of pyridine rings is 1. The second-order valence-corrected chi connectivity index (χ2v) is 4.90. The molecule has 6 heteroatoms.